The van der Waals surface area contributed by atoms with Gasteiger partial charge in [-0.2, -0.15) is 0 Å². The summed E-state index contributed by atoms with van der Waals surface area (Å²) in [6.07, 6.45) is 1.03. The van der Waals surface area contributed by atoms with Gasteiger partial charge in [0, 0.05) is 11.7 Å². The van der Waals surface area contributed by atoms with Crippen LogP contribution in [0.3, 0.4) is 0 Å². The van der Waals surface area contributed by atoms with Crippen LogP contribution in [0, 0.1) is 6.92 Å². The van der Waals surface area contributed by atoms with Crippen molar-refractivity contribution in [2.45, 2.75) is 33.2 Å². The minimum Gasteiger partial charge on any atom is -0.398 e. The Morgan fingerprint density at radius 1 is 1.38 bits per heavy atom. The van der Waals surface area contributed by atoms with Crippen molar-refractivity contribution in [2.24, 2.45) is 5.73 Å². The van der Waals surface area contributed by atoms with Crippen LogP contribution in [0.25, 0.3) is 0 Å². The van der Waals surface area contributed by atoms with Crippen LogP contribution < -0.4 is 11.5 Å². The molecule has 1 rings (SSSR count). The van der Waals surface area contributed by atoms with Gasteiger partial charge in [0.05, 0.1) is 0 Å². The summed E-state index contributed by atoms with van der Waals surface area (Å²) in [5, 5.41) is 0. The van der Waals surface area contributed by atoms with Gasteiger partial charge in [0.2, 0.25) is 0 Å². The number of aryl methyl sites for hydroxylation is 2. The Kier molecular flexibility index (Phi) is 2.94. The van der Waals surface area contributed by atoms with Crippen LogP contribution in [-0.4, -0.2) is 0 Å². The molecule has 0 aliphatic heterocycles. The van der Waals surface area contributed by atoms with Gasteiger partial charge in [-0.1, -0.05) is 19.1 Å². The molecule has 1 atom stereocenters. The number of rotatable bonds is 2. The Hall–Kier alpha value is -1.02. The summed E-state index contributed by atoms with van der Waals surface area (Å²) in [5.74, 6) is 0. The molecule has 0 aliphatic rings. The lowest BCUT2D eigenvalue weighted by molar-refractivity contribution is 0.817. The summed E-state index contributed by atoms with van der Waals surface area (Å²) in [4.78, 5) is 0. The molecule has 0 bridgehead atoms. The monoisotopic (exact) mass is 178 g/mol. The molecular weight excluding hydrogens is 160 g/mol. The molecule has 4 N–H and O–H groups in total. The van der Waals surface area contributed by atoms with Gasteiger partial charge in [-0.25, -0.2) is 0 Å². The lowest BCUT2D eigenvalue weighted by Crippen LogP contribution is -2.10. The van der Waals surface area contributed by atoms with Crippen molar-refractivity contribution in [3.05, 3.63) is 28.8 Å². The maximum absolute atomic E-state index is 5.93. The standard InChI is InChI=1S/C11H18N2/c1-4-9-5-7(2)11(13)10(6-9)8(3)12/h5-6,8H,4,12-13H2,1-3H3. The van der Waals surface area contributed by atoms with Crippen molar-refractivity contribution in [1.82, 2.24) is 0 Å². The Labute approximate surface area is 79.9 Å². The quantitative estimate of drug-likeness (QED) is 0.682. The zero-order valence-electron chi connectivity index (χ0n) is 8.59. The first kappa shape index (κ1) is 10.1. The van der Waals surface area contributed by atoms with Gasteiger partial charge in [0.1, 0.15) is 0 Å². The number of hydrogen-bond acceptors (Lipinski definition) is 2. The van der Waals surface area contributed by atoms with E-state index in [4.69, 9.17) is 11.5 Å². The van der Waals surface area contributed by atoms with Crippen LogP contribution in [0.2, 0.25) is 0 Å². The topological polar surface area (TPSA) is 52.0 Å². The highest BCUT2D eigenvalue weighted by Gasteiger charge is 2.07. The number of hydrogen-bond donors (Lipinski definition) is 2. The van der Waals surface area contributed by atoms with Gasteiger partial charge in [-0.3, -0.25) is 0 Å². The molecule has 72 valence electrons. The third-order valence-electron chi connectivity index (χ3n) is 2.38. The van der Waals surface area contributed by atoms with Crippen LogP contribution in [0.1, 0.15) is 36.6 Å². The van der Waals surface area contributed by atoms with E-state index in [-0.39, 0.29) is 6.04 Å². The molecule has 0 radical (unpaired) electrons. The van der Waals surface area contributed by atoms with E-state index < -0.39 is 0 Å². The van der Waals surface area contributed by atoms with Crippen molar-refractivity contribution < 1.29 is 0 Å². The highest BCUT2D eigenvalue weighted by atomic mass is 14.7. The minimum absolute atomic E-state index is 0.0187. The third kappa shape index (κ3) is 2.01. The van der Waals surface area contributed by atoms with Crippen molar-refractivity contribution in [1.29, 1.82) is 0 Å². The van der Waals surface area contributed by atoms with Crippen LogP contribution >= 0.6 is 0 Å². The van der Waals surface area contributed by atoms with Gasteiger partial charge < -0.3 is 11.5 Å². The van der Waals surface area contributed by atoms with Gasteiger partial charge in [-0.15, -0.1) is 0 Å². The molecule has 1 aromatic rings. The first-order chi connectivity index (χ1) is 6.06. The van der Waals surface area contributed by atoms with Gasteiger partial charge in [0.25, 0.3) is 0 Å². The second kappa shape index (κ2) is 3.79. The van der Waals surface area contributed by atoms with Crippen LogP contribution in [-0.2, 0) is 6.42 Å². The molecule has 0 saturated heterocycles. The predicted octanol–water partition coefficient (Wildman–Crippen LogP) is 2.16. The molecule has 1 unspecified atom stereocenters. The summed E-state index contributed by atoms with van der Waals surface area (Å²) < 4.78 is 0. The van der Waals surface area contributed by atoms with E-state index in [1.165, 1.54) is 5.56 Å². The molecule has 1 aromatic carbocycles. The fourth-order valence-electron chi connectivity index (χ4n) is 1.48. The van der Waals surface area contributed by atoms with E-state index in [2.05, 4.69) is 19.1 Å². The highest BCUT2D eigenvalue weighted by molar-refractivity contribution is 5.56. The SMILES string of the molecule is CCc1cc(C)c(N)c(C(C)N)c1. The second-order valence-electron chi connectivity index (χ2n) is 3.56. The molecule has 0 aromatic heterocycles. The van der Waals surface area contributed by atoms with E-state index in [0.717, 1.165) is 23.2 Å². The fraction of sp³-hybridized carbons (Fsp3) is 0.455. The van der Waals surface area contributed by atoms with E-state index in [0.29, 0.717) is 0 Å². The molecule has 0 fully saturated rings. The lowest BCUT2D eigenvalue weighted by atomic mass is 9.98. The summed E-state index contributed by atoms with van der Waals surface area (Å²) in [7, 11) is 0. The molecule has 0 spiro atoms. The first-order valence-corrected chi connectivity index (χ1v) is 4.70. The molecular formula is C11H18N2. The van der Waals surface area contributed by atoms with Crippen molar-refractivity contribution in [2.75, 3.05) is 5.73 Å². The zero-order valence-corrected chi connectivity index (χ0v) is 8.59. The van der Waals surface area contributed by atoms with Gasteiger partial charge in [-0.05, 0) is 37.0 Å². The maximum Gasteiger partial charge on any atom is 0.0392 e. The van der Waals surface area contributed by atoms with Gasteiger partial charge in [0.15, 0.2) is 0 Å². The summed E-state index contributed by atoms with van der Waals surface area (Å²) in [6, 6.07) is 4.25. The molecule has 2 nitrogen and oxygen atoms in total. The van der Waals surface area contributed by atoms with E-state index in [1.807, 2.05) is 13.8 Å². The zero-order chi connectivity index (χ0) is 10.0. The normalized spacial score (nSPS) is 12.9. The van der Waals surface area contributed by atoms with Crippen LogP contribution in [0.4, 0.5) is 5.69 Å². The number of nitrogens with two attached hydrogens (primary N) is 2. The molecule has 0 aliphatic carbocycles. The number of anilines is 1. The Morgan fingerprint density at radius 3 is 2.46 bits per heavy atom. The van der Waals surface area contributed by atoms with E-state index >= 15 is 0 Å². The van der Waals surface area contributed by atoms with E-state index in [1.54, 1.807) is 0 Å². The Bertz CT molecular complexity index is 303. The second-order valence-corrected chi connectivity index (χ2v) is 3.56. The highest BCUT2D eigenvalue weighted by Crippen LogP contribution is 2.24. The van der Waals surface area contributed by atoms with Crippen molar-refractivity contribution >= 4 is 5.69 Å². The summed E-state index contributed by atoms with van der Waals surface area (Å²) in [5.41, 5.74) is 16.1. The molecule has 0 heterocycles. The fourth-order valence-corrected chi connectivity index (χ4v) is 1.48. The average Bonchev–Trinajstić information content (AvgIpc) is 2.09. The predicted molar refractivity (Wildman–Crippen MR) is 57.6 cm³/mol. The Morgan fingerprint density at radius 2 is 2.00 bits per heavy atom. The smallest absolute Gasteiger partial charge is 0.0392 e. The van der Waals surface area contributed by atoms with Gasteiger partial charge >= 0.3 is 0 Å². The first-order valence-electron chi connectivity index (χ1n) is 4.70. The molecule has 0 saturated carbocycles. The third-order valence-corrected chi connectivity index (χ3v) is 2.38. The molecule has 2 heteroatoms. The van der Waals surface area contributed by atoms with E-state index in [9.17, 15) is 0 Å². The number of benzene rings is 1. The summed E-state index contributed by atoms with van der Waals surface area (Å²) in [6.45, 7) is 6.13. The minimum atomic E-state index is 0.0187. The lowest BCUT2D eigenvalue weighted by Gasteiger charge is -2.13. The number of nitrogen functional groups attached to an aromatic ring is 1. The van der Waals surface area contributed by atoms with Crippen LogP contribution in [0.5, 0.6) is 0 Å². The Balaban J connectivity index is 3.25. The van der Waals surface area contributed by atoms with Crippen molar-refractivity contribution in [3.63, 3.8) is 0 Å². The average molecular weight is 178 g/mol. The maximum atomic E-state index is 5.93. The van der Waals surface area contributed by atoms with Crippen LogP contribution in [0.15, 0.2) is 12.1 Å². The molecule has 0 amide bonds. The summed E-state index contributed by atoms with van der Waals surface area (Å²) >= 11 is 0. The van der Waals surface area contributed by atoms with Crippen molar-refractivity contribution in [3.8, 4) is 0 Å². The molecule has 13 heavy (non-hydrogen) atoms. The largest absolute Gasteiger partial charge is 0.398 e.